The summed E-state index contributed by atoms with van der Waals surface area (Å²) in [6.45, 7) is 0.230. The highest BCUT2D eigenvalue weighted by atomic mass is 79.9. The van der Waals surface area contributed by atoms with Crippen LogP contribution >= 0.6 is 15.9 Å². The van der Waals surface area contributed by atoms with E-state index in [4.69, 9.17) is 0 Å². The van der Waals surface area contributed by atoms with Crippen LogP contribution < -0.4 is 9.62 Å². The van der Waals surface area contributed by atoms with Crippen LogP contribution in [0.5, 0.6) is 0 Å². The summed E-state index contributed by atoms with van der Waals surface area (Å²) in [5.41, 5.74) is 3.60. The normalized spacial score (nSPS) is 11.2. The van der Waals surface area contributed by atoms with Crippen molar-refractivity contribution >= 4 is 43.2 Å². The Balaban J connectivity index is 1.52. The summed E-state index contributed by atoms with van der Waals surface area (Å²) in [6, 6.07) is 18.8. The minimum atomic E-state index is -3.45. The highest BCUT2D eigenvalue weighted by Gasteiger charge is 2.17. The van der Waals surface area contributed by atoms with Gasteiger partial charge in [-0.2, -0.15) is 0 Å². The highest BCUT2D eigenvalue weighted by molar-refractivity contribution is 9.10. The number of carbonyl (C=O) groups is 1. The Labute approximate surface area is 191 Å². The zero-order chi connectivity index (χ0) is 22.3. The molecule has 31 heavy (non-hydrogen) atoms. The maximum Gasteiger partial charge on any atom is 0.232 e. The summed E-state index contributed by atoms with van der Waals surface area (Å²) >= 11 is 3.36. The SMILES string of the molecule is CS(=O)(=O)N(CCCC(=O)Nc1ccc(Cc2ccncc2)cc1)c1cccc(Br)c1. The highest BCUT2D eigenvalue weighted by Crippen LogP contribution is 2.22. The van der Waals surface area contributed by atoms with Crippen molar-refractivity contribution in [3.63, 3.8) is 0 Å². The predicted octanol–water partition coefficient (Wildman–Crippen LogP) is 4.62. The first kappa shape index (κ1) is 23.0. The molecule has 0 atom stereocenters. The molecular weight excluding hydrogens is 478 g/mol. The minimum Gasteiger partial charge on any atom is -0.326 e. The van der Waals surface area contributed by atoms with E-state index in [1.165, 1.54) is 16.1 Å². The van der Waals surface area contributed by atoms with Crippen LogP contribution in [0.25, 0.3) is 0 Å². The first-order valence-electron chi connectivity index (χ1n) is 9.82. The van der Waals surface area contributed by atoms with Crippen molar-refractivity contribution in [2.24, 2.45) is 0 Å². The fraction of sp³-hybridized carbons (Fsp3) is 0.217. The van der Waals surface area contributed by atoms with Gasteiger partial charge < -0.3 is 5.32 Å². The molecule has 2 aromatic carbocycles. The molecule has 0 aliphatic rings. The van der Waals surface area contributed by atoms with Gasteiger partial charge in [-0.15, -0.1) is 0 Å². The lowest BCUT2D eigenvalue weighted by Gasteiger charge is -2.22. The molecule has 0 saturated heterocycles. The van der Waals surface area contributed by atoms with Gasteiger partial charge in [-0.1, -0.05) is 34.1 Å². The Bertz CT molecular complexity index is 1120. The van der Waals surface area contributed by atoms with Gasteiger partial charge >= 0.3 is 0 Å². The van der Waals surface area contributed by atoms with Gasteiger partial charge in [0.2, 0.25) is 15.9 Å². The molecule has 1 amide bonds. The molecule has 162 valence electrons. The van der Waals surface area contributed by atoms with Gasteiger partial charge in [0, 0.05) is 35.5 Å². The average molecular weight is 502 g/mol. The lowest BCUT2D eigenvalue weighted by molar-refractivity contribution is -0.116. The van der Waals surface area contributed by atoms with E-state index < -0.39 is 10.0 Å². The minimum absolute atomic E-state index is 0.149. The van der Waals surface area contributed by atoms with Gasteiger partial charge in [-0.25, -0.2) is 8.42 Å². The maximum atomic E-state index is 12.3. The number of benzene rings is 2. The number of amides is 1. The van der Waals surface area contributed by atoms with Gasteiger partial charge in [-0.05, 0) is 66.4 Å². The molecule has 8 heteroatoms. The number of hydrogen-bond donors (Lipinski definition) is 1. The summed E-state index contributed by atoms with van der Waals surface area (Å²) < 4.78 is 26.5. The van der Waals surface area contributed by atoms with E-state index >= 15 is 0 Å². The van der Waals surface area contributed by atoms with Crippen molar-refractivity contribution in [3.8, 4) is 0 Å². The lowest BCUT2D eigenvalue weighted by Crippen LogP contribution is -2.31. The van der Waals surface area contributed by atoms with Crippen LogP contribution in [-0.2, 0) is 21.2 Å². The number of halogens is 1. The molecule has 3 aromatic rings. The van der Waals surface area contributed by atoms with E-state index in [-0.39, 0.29) is 18.9 Å². The van der Waals surface area contributed by atoms with Gasteiger partial charge in [0.15, 0.2) is 0 Å². The van der Waals surface area contributed by atoms with Gasteiger partial charge in [-0.3, -0.25) is 14.1 Å². The van der Waals surface area contributed by atoms with Crippen LogP contribution in [0.4, 0.5) is 11.4 Å². The number of nitrogens with zero attached hydrogens (tertiary/aromatic N) is 2. The fourth-order valence-electron chi connectivity index (χ4n) is 3.17. The molecule has 1 aromatic heterocycles. The molecule has 0 saturated carbocycles. The quantitative estimate of drug-likeness (QED) is 0.463. The van der Waals surface area contributed by atoms with Crippen LogP contribution in [0.3, 0.4) is 0 Å². The number of nitrogens with one attached hydrogen (secondary N) is 1. The van der Waals surface area contributed by atoms with Crippen molar-refractivity contribution in [1.82, 2.24) is 4.98 Å². The third-order valence-electron chi connectivity index (χ3n) is 4.66. The Hall–Kier alpha value is -2.71. The summed E-state index contributed by atoms with van der Waals surface area (Å²) in [7, 11) is -3.45. The molecule has 3 rings (SSSR count). The third-order valence-corrected chi connectivity index (χ3v) is 6.34. The van der Waals surface area contributed by atoms with Crippen LogP contribution in [0.15, 0.2) is 77.5 Å². The van der Waals surface area contributed by atoms with E-state index in [2.05, 4.69) is 26.2 Å². The zero-order valence-electron chi connectivity index (χ0n) is 17.2. The second-order valence-electron chi connectivity index (χ2n) is 7.20. The number of anilines is 2. The van der Waals surface area contributed by atoms with Gasteiger partial charge in [0.25, 0.3) is 0 Å². The Morgan fingerprint density at radius 3 is 2.35 bits per heavy atom. The first-order valence-corrected chi connectivity index (χ1v) is 12.5. The topological polar surface area (TPSA) is 79.4 Å². The smallest absolute Gasteiger partial charge is 0.232 e. The summed E-state index contributed by atoms with van der Waals surface area (Å²) in [6.07, 6.45) is 6.14. The number of hydrogen-bond acceptors (Lipinski definition) is 4. The van der Waals surface area contributed by atoms with Crippen LogP contribution in [-0.4, -0.2) is 32.1 Å². The Morgan fingerprint density at radius 2 is 1.71 bits per heavy atom. The van der Waals surface area contributed by atoms with Crippen molar-refractivity contribution in [2.45, 2.75) is 19.3 Å². The van der Waals surface area contributed by atoms with E-state index in [0.29, 0.717) is 12.1 Å². The number of carbonyl (C=O) groups excluding carboxylic acids is 1. The molecule has 0 aliphatic carbocycles. The third kappa shape index (κ3) is 7.18. The van der Waals surface area contributed by atoms with Crippen molar-refractivity contribution < 1.29 is 13.2 Å². The molecule has 0 fully saturated rings. The second kappa shape index (κ2) is 10.5. The Morgan fingerprint density at radius 1 is 1.03 bits per heavy atom. The van der Waals surface area contributed by atoms with Gasteiger partial charge in [0.1, 0.15) is 0 Å². The number of sulfonamides is 1. The van der Waals surface area contributed by atoms with Crippen molar-refractivity contribution in [1.29, 1.82) is 0 Å². The van der Waals surface area contributed by atoms with Crippen molar-refractivity contribution in [3.05, 3.63) is 88.7 Å². The summed E-state index contributed by atoms with van der Waals surface area (Å²) in [5, 5.41) is 2.87. The molecule has 0 unspecified atom stereocenters. The van der Waals surface area contributed by atoms with E-state index in [9.17, 15) is 13.2 Å². The molecular formula is C23H24BrN3O3S. The van der Waals surface area contributed by atoms with Crippen LogP contribution in [0, 0.1) is 0 Å². The molecule has 6 nitrogen and oxygen atoms in total. The predicted molar refractivity (Wildman–Crippen MR) is 128 cm³/mol. The van der Waals surface area contributed by atoms with Gasteiger partial charge in [0.05, 0.1) is 11.9 Å². The van der Waals surface area contributed by atoms with E-state index in [0.717, 1.165) is 22.1 Å². The standard InChI is InChI=1S/C23H24BrN3O3S/c1-31(29,30)27(22-5-2-4-20(24)17-22)15-3-6-23(28)26-21-9-7-18(8-10-21)16-19-11-13-25-14-12-19/h2,4-5,7-14,17H,3,6,15-16H2,1H3,(H,26,28). The first-order chi connectivity index (χ1) is 14.8. The number of aromatic nitrogens is 1. The fourth-order valence-corrected chi connectivity index (χ4v) is 4.51. The largest absolute Gasteiger partial charge is 0.326 e. The monoisotopic (exact) mass is 501 g/mol. The molecule has 0 radical (unpaired) electrons. The molecule has 0 aliphatic heterocycles. The zero-order valence-corrected chi connectivity index (χ0v) is 19.6. The summed E-state index contributed by atoms with van der Waals surface area (Å²) in [5.74, 6) is -0.149. The average Bonchev–Trinajstić information content (AvgIpc) is 2.72. The molecule has 0 bridgehead atoms. The molecule has 1 N–H and O–H groups in total. The van der Waals surface area contributed by atoms with Crippen LogP contribution in [0.2, 0.25) is 0 Å². The summed E-state index contributed by atoms with van der Waals surface area (Å²) in [4.78, 5) is 16.3. The molecule has 1 heterocycles. The van der Waals surface area contributed by atoms with E-state index in [1.807, 2.05) is 42.5 Å². The number of pyridine rings is 1. The van der Waals surface area contributed by atoms with Crippen molar-refractivity contribution in [2.75, 3.05) is 22.4 Å². The maximum absolute atomic E-state index is 12.3. The Kier molecular flexibility index (Phi) is 7.81. The second-order valence-corrected chi connectivity index (χ2v) is 10.0. The van der Waals surface area contributed by atoms with E-state index in [1.54, 1.807) is 30.6 Å². The number of rotatable bonds is 9. The van der Waals surface area contributed by atoms with Crippen LogP contribution in [0.1, 0.15) is 24.0 Å². The molecule has 0 spiro atoms. The lowest BCUT2D eigenvalue weighted by atomic mass is 10.1.